The molecule has 2 rings (SSSR count). The molecule has 2 aliphatic rings. The predicted octanol–water partition coefficient (Wildman–Crippen LogP) is 1.99. The van der Waals surface area contributed by atoms with Crippen LogP contribution in [0.15, 0.2) is 0 Å². The first-order valence-corrected chi connectivity index (χ1v) is 8.57. The van der Waals surface area contributed by atoms with Gasteiger partial charge in [0.2, 0.25) is 5.91 Å². The number of rotatable bonds is 3. The van der Waals surface area contributed by atoms with E-state index in [2.05, 4.69) is 38.0 Å². The minimum absolute atomic E-state index is 0.0137. The average molecular weight is 295 g/mol. The van der Waals surface area contributed by atoms with Gasteiger partial charge in [0.05, 0.1) is 0 Å². The van der Waals surface area contributed by atoms with Crippen LogP contribution in [0, 0.1) is 17.3 Å². The fourth-order valence-electron chi connectivity index (χ4n) is 4.06. The molecule has 0 aromatic rings. The molecule has 0 spiro atoms. The molecule has 1 saturated heterocycles. The van der Waals surface area contributed by atoms with Crippen LogP contribution in [0.25, 0.3) is 0 Å². The van der Waals surface area contributed by atoms with Crippen molar-refractivity contribution >= 4 is 5.91 Å². The van der Waals surface area contributed by atoms with E-state index in [1.807, 2.05) is 0 Å². The van der Waals surface area contributed by atoms with Gasteiger partial charge in [-0.1, -0.05) is 27.2 Å². The van der Waals surface area contributed by atoms with Gasteiger partial charge < -0.3 is 16.0 Å². The van der Waals surface area contributed by atoms with Gasteiger partial charge in [-0.25, -0.2) is 0 Å². The average Bonchev–Trinajstić information content (AvgIpc) is 2.44. The third-order valence-corrected chi connectivity index (χ3v) is 6.25. The minimum Gasteiger partial charge on any atom is -0.354 e. The molecule has 3 N–H and O–H groups in total. The van der Waals surface area contributed by atoms with Crippen LogP contribution in [-0.4, -0.2) is 43.0 Å². The molecule has 2 fully saturated rings. The van der Waals surface area contributed by atoms with E-state index in [0.29, 0.717) is 12.0 Å². The molecule has 4 unspecified atom stereocenters. The Balaban J connectivity index is 1.90. The van der Waals surface area contributed by atoms with Crippen molar-refractivity contribution in [2.75, 3.05) is 20.1 Å². The van der Waals surface area contributed by atoms with Crippen LogP contribution in [-0.2, 0) is 4.79 Å². The second kappa shape index (κ2) is 6.66. The van der Waals surface area contributed by atoms with E-state index in [9.17, 15) is 4.79 Å². The normalized spacial score (nSPS) is 37.2. The lowest BCUT2D eigenvalue weighted by molar-refractivity contribution is -0.132. The fraction of sp³-hybridized carbons (Fsp3) is 0.941. The fourth-order valence-corrected chi connectivity index (χ4v) is 4.06. The summed E-state index contributed by atoms with van der Waals surface area (Å²) in [6.45, 7) is 8.55. The molecule has 4 heteroatoms. The van der Waals surface area contributed by atoms with Crippen LogP contribution < -0.4 is 11.1 Å². The second-order valence-electron chi connectivity index (χ2n) is 7.78. The third-order valence-electron chi connectivity index (χ3n) is 6.25. The van der Waals surface area contributed by atoms with E-state index >= 15 is 0 Å². The van der Waals surface area contributed by atoms with Gasteiger partial charge in [-0.15, -0.1) is 0 Å². The number of likely N-dealkylation sites (tertiary alicyclic amines) is 1. The lowest BCUT2D eigenvalue weighted by Crippen LogP contribution is -2.53. The highest BCUT2D eigenvalue weighted by molar-refractivity contribution is 5.79. The number of amides is 1. The zero-order valence-electron chi connectivity index (χ0n) is 14.2. The summed E-state index contributed by atoms with van der Waals surface area (Å²) in [5.74, 6) is 0.721. The van der Waals surface area contributed by atoms with E-state index in [1.54, 1.807) is 0 Å². The standard InChI is InChI=1S/C17H33N3O/c1-12-15(18)9-8-14(17(12,2)3)16(21)19-11-13-7-5-6-10-20(13)4/h12-15H,5-11,18H2,1-4H3,(H,19,21). The lowest BCUT2D eigenvalue weighted by Gasteiger charge is -2.46. The Morgan fingerprint density at radius 3 is 2.67 bits per heavy atom. The number of piperidine rings is 1. The zero-order chi connectivity index (χ0) is 15.6. The Kier molecular flexibility index (Phi) is 5.31. The number of nitrogens with two attached hydrogens (primary N) is 1. The van der Waals surface area contributed by atoms with Crippen molar-refractivity contribution < 1.29 is 4.79 Å². The summed E-state index contributed by atoms with van der Waals surface area (Å²) in [7, 11) is 2.17. The van der Waals surface area contributed by atoms with Gasteiger partial charge in [-0.2, -0.15) is 0 Å². The highest BCUT2D eigenvalue weighted by atomic mass is 16.1. The highest BCUT2D eigenvalue weighted by Crippen LogP contribution is 2.44. The molecule has 1 aliphatic heterocycles. The van der Waals surface area contributed by atoms with Crippen LogP contribution in [0.3, 0.4) is 0 Å². The molecule has 0 radical (unpaired) electrons. The molecule has 122 valence electrons. The van der Waals surface area contributed by atoms with Crippen molar-refractivity contribution in [1.82, 2.24) is 10.2 Å². The molecule has 4 atom stereocenters. The lowest BCUT2D eigenvalue weighted by atomic mass is 9.61. The van der Waals surface area contributed by atoms with Crippen molar-refractivity contribution in [2.45, 2.75) is 65.0 Å². The maximum atomic E-state index is 12.6. The first kappa shape index (κ1) is 16.8. The SMILES string of the molecule is CC1C(N)CCC(C(=O)NCC2CCCCN2C)C1(C)C. The summed E-state index contributed by atoms with van der Waals surface area (Å²) >= 11 is 0. The van der Waals surface area contributed by atoms with Crippen LogP contribution in [0.5, 0.6) is 0 Å². The third kappa shape index (κ3) is 3.59. The molecular formula is C17H33N3O. The second-order valence-corrected chi connectivity index (χ2v) is 7.78. The number of nitrogens with zero attached hydrogens (tertiary/aromatic N) is 1. The predicted molar refractivity (Wildman–Crippen MR) is 86.9 cm³/mol. The summed E-state index contributed by atoms with van der Waals surface area (Å²) in [4.78, 5) is 15.0. The van der Waals surface area contributed by atoms with Crippen LogP contribution in [0.4, 0.5) is 0 Å². The van der Waals surface area contributed by atoms with Gasteiger partial charge in [-0.05, 0) is 50.6 Å². The van der Waals surface area contributed by atoms with Crippen LogP contribution in [0.2, 0.25) is 0 Å². The maximum Gasteiger partial charge on any atom is 0.223 e. The van der Waals surface area contributed by atoms with E-state index in [4.69, 9.17) is 5.73 Å². The van der Waals surface area contributed by atoms with Crippen molar-refractivity contribution in [3.63, 3.8) is 0 Å². The maximum absolute atomic E-state index is 12.6. The van der Waals surface area contributed by atoms with E-state index in [-0.39, 0.29) is 23.3 Å². The van der Waals surface area contributed by atoms with Crippen molar-refractivity contribution in [3.8, 4) is 0 Å². The minimum atomic E-state index is -0.0137. The van der Waals surface area contributed by atoms with E-state index < -0.39 is 0 Å². The Morgan fingerprint density at radius 2 is 2.00 bits per heavy atom. The Morgan fingerprint density at radius 1 is 1.29 bits per heavy atom. The zero-order valence-corrected chi connectivity index (χ0v) is 14.2. The summed E-state index contributed by atoms with van der Waals surface area (Å²) in [5.41, 5.74) is 6.17. The number of hydrogen-bond donors (Lipinski definition) is 2. The number of nitrogens with one attached hydrogen (secondary N) is 1. The van der Waals surface area contributed by atoms with Gasteiger partial charge in [0.25, 0.3) is 0 Å². The molecule has 0 aromatic heterocycles. The van der Waals surface area contributed by atoms with Crippen molar-refractivity contribution in [3.05, 3.63) is 0 Å². The summed E-state index contributed by atoms with van der Waals surface area (Å²) in [5, 5.41) is 3.22. The van der Waals surface area contributed by atoms with Gasteiger partial charge >= 0.3 is 0 Å². The first-order valence-electron chi connectivity index (χ1n) is 8.57. The summed E-state index contributed by atoms with van der Waals surface area (Å²) < 4.78 is 0. The molecule has 0 aromatic carbocycles. The topological polar surface area (TPSA) is 58.4 Å². The Bertz CT molecular complexity index is 369. The molecule has 21 heavy (non-hydrogen) atoms. The summed E-state index contributed by atoms with van der Waals surface area (Å²) in [6.07, 6.45) is 5.65. The molecule has 1 amide bonds. The molecular weight excluding hydrogens is 262 g/mol. The summed E-state index contributed by atoms with van der Waals surface area (Å²) in [6, 6.07) is 0.739. The molecule has 0 bridgehead atoms. The molecule has 1 aliphatic carbocycles. The van der Waals surface area contributed by atoms with Crippen LogP contribution in [0.1, 0.15) is 52.9 Å². The van der Waals surface area contributed by atoms with Crippen molar-refractivity contribution in [1.29, 1.82) is 0 Å². The quantitative estimate of drug-likeness (QED) is 0.837. The highest BCUT2D eigenvalue weighted by Gasteiger charge is 2.44. The van der Waals surface area contributed by atoms with Gasteiger partial charge in [0, 0.05) is 24.5 Å². The van der Waals surface area contributed by atoms with Gasteiger partial charge in [-0.3, -0.25) is 4.79 Å². The van der Waals surface area contributed by atoms with Crippen molar-refractivity contribution in [2.24, 2.45) is 23.0 Å². The smallest absolute Gasteiger partial charge is 0.223 e. The molecule has 1 saturated carbocycles. The largest absolute Gasteiger partial charge is 0.354 e. The first-order chi connectivity index (χ1) is 9.84. The monoisotopic (exact) mass is 295 g/mol. The Labute approximate surface area is 129 Å². The van der Waals surface area contributed by atoms with E-state index in [0.717, 1.165) is 25.9 Å². The number of carbonyl (C=O) groups excluding carboxylic acids is 1. The van der Waals surface area contributed by atoms with Gasteiger partial charge in [0.15, 0.2) is 0 Å². The number of likely N-dealkylation sites (N-methyl/N-ethyl adjacent to an activating group) is 1. The number of carbonyl (C=O) groups is 1. The molecule has 4 nitrogen and oxygen atoms in total. The Hall–Kier alpha value is -0.610. The van der Waals surface area contributed by atoms with E-state index in [1.165, 1.54) is 19.3 Å². The number of hydrogen-bond acceptors (Lipinski definition) is 3. The van der Waals surface area contributed by atoms with Crippen LogP contribution >= 0.6 is 0 Å². The molecule has 1 heterocycles. The van der Waals surface area contributed by atoms with Gasteiger partial charge in [0.1, 0.15) is 0 Å².